The standard InChI is InChI=1S/C8H15N3/c1-7(2-9-1)11-5-8(6-11)3-10-4-8/h7,9-10H,1-6H2. The fourth-order valence-electron chi connectivity index (χ4n) is 2.31. The predicted octanol–water partition coefficient (Wildman–Crippen LogP) is -1.14. The highest BCUT2D eigenvalue weighted by atomic mass is 15.3. The van der Waals surface area contributed by atoms with Crippen LogP contribution in [0.4, 0.5) is 0 Å². The Bertz CT molecular complexity index is 164. The van der Waals surface area contributed by atoms with Crippen molar-refractivity contribution < 1.29 is 0 Å². The highest BCUT2D eigenvalue weighted by molar-refractivity contribution is 5.07. The molecule has 3 aliphatic heterocycles. The molecule has 0 bridgehead atoms. The zero-order chi connectivity index (χ0) is 7.31. The van der Waals surface area contributed by atoms with Gasteiger partial charge in [0.1, 0.15) is 0 Å². The van der Waals surface area contributed by atoms with Crippen LogP contribution in [-0.2, 0) is 0 Å². The molecule has 3 nitrogen and oxygen atoms in total. The van der Waals surface area contributed by atoms with E-state index in [0.29, 0.717) is 0 Å². The Balaban J connectivity index is 1.55. The van der Waals surface area contributed by atoms with Crippen molar-refractivity contribution in [1.82, 2.24) is 15.5 Å². The molecule has 3 rings (SSSR count). The highest BCUT2D eigenvalue weighted by Gasteiger charge is 2.49. The molecule has 11 heavy (non-hydrogen) atoms. The SMILES string of the molecule is C1NCC1N1CC2(CNC2)C1. The van der Waals surface area contributed by atoms with Crippen LogP contribution in [0.1, 0.15) is 0 Å². The smallest absolute Gasteiger partial charge is 0.0345 e. The molecule has 3 aliphatic rings. The minimum Gasteiger partial charge on any atom is -0.315 e. The first-order chi connectivity index (χ1) is 5.38. The van der Waals surface area contributed by atoms with Crippen LogP contribution in [0.2, 0.25) is 0 Å². The molecule has 62 valence electrons. The average Bonchev–Trinajstić information content (AvgIpc) is 1.66. The van der Waals surface area contributed by atoms with Gasteiger partial charge in [0, 0.05) is 50.7 Å². The van der Waals surface area contributed by atoms with E-state index in [-0.39, 0.29) is 0 Å². The molecule has 0 aromatic heterocycles. The minimum absolute atomic E-state index is 0.718. The molecule has 0 aliphatic carbocycles. The van der Waals surface area contributed by atoms with Crippen LogP contribution in [0, 0.1) is 5.41 Å². The number of hydrogen-bond acceptors (Lipinski definition) is 3. The van der Waals surface area contributed by atoms with Crippen molar-refractivity contribution in [3.8, 4) is 0 Å². The van der Waals surface area contributed by atoms with Crippen molar-refractivity contribution in [1.29, 1.82) is 0 Å². The lowest BCUT2D eigenvalue weighted by atomic mass is 9.73. The van der Waals surface area contributed by atoms with Crippen molar-refractivity contribution >= 4 is 0 Å². The molecule has 0 radical (unpaired) electrons. The molecular formula is C8H15N3. The van der Waals surface area contributed by atoms with Crippen LogP contribution < -0.4 is 10.6 Å². The zero-order valence-electron chi connectivity index (χ0n) is 6.77. The van der Waals surface area contributed by atoms with E-state index in [1.807, 2.05) is 0 Å². The van der Waals surface area contributed by atoms with Crippen molar-refractivity contribution in [2.24, 2.45) is 5.41 Å². The van der Waals surface area contributed by atoms with E-state index in [1.165, 1.54) is 39.3 Å². The second-order valence-electron chi connectivity index (χ2n) is 4.32. The third-order valence-electron chi connectivity index (χ3n) is 3.35. The molecule has 0 amide bonds. The molecule has 3 fully saturated rings. The van der Waals surface area contributed by atoms with Gasteiger partial charge in [-0.25, -0.2) is 0 Å². The number of nitrogens with zero attached hydrogens (tertiary/aromatic N) is 1. The predicted molar refractivity (Wildman–Crippen MR) is 43.5 cm³/mol. The molecule has 0 aromatic carbocycles. The van der Waals surface area contributed by atoms with Gasteiger partial charge in [0.25, 0.3) is 0 Å². The summed E-state index contributed by atoms with van der Waals surface area (Å²) in [6, 6.07) is 0.876. The summed E-state index contributed by atoms with van der Waals surface area (Å²) in [6.07, 6.45) is 0. The number of rotatable bonds is 1. The minimum atomic E-state index is 0.718. The van der Waals surface area contributed by atoms with E-state index in [0.717, 1.165) is 11.5 Å². The first-order valence-electron chi connectivity index (χ1n) is 4.54. The van der Waals surface area contributed by atoms with E-state index in [1.54, 1.807) is 0 Å². The summed E-state index contributed by atoms with van der Waals surface area (Å²) in [5.74, 6) is 0. The monoisotopic (exact) mass is 153 g/mol. The molecule has 0 unspecified atom stereocenters. The summed E-state index contributed by atoms with van der Waals surface area (Å²) in [7, 11) is 0. The van der Waals surface area contributed by atoms with E-state index >= 15 is 0 Å². The molecule has 1 spiro atoms. The van der Waals surface area contributed by atoms with E-state index in [2.05, 4.69) is 15.5 Å². The lowest BCUT2D eigenvalue weighted by Crippen LogP contribution is -2.75. The van der Waals surface area contributed by atoms with Gasteiger partial charge in [0.15, 0.2) is 0 Å². The molecular weight excluding hydrogens is 138 g/mol. The van der Waals surface area contributed by atoms with Gasteiger partial charge in [-0.3, -0.25) is 4.90 Å². The lowest BCUT2D eigenvalue weighted by molar-refractivity contribution is -0.0753. The second-order valence-corrected chi connectivity index (χ2v) is 4.32. The molecule has 2 N–H and O–H groups in total. The van der Waals surface area contributed by atoms with Crippen LogP contribution in [-0.4, -0.2) is 50.2 Å². The van der Waals surface area contributed by atoms with Gasteiger partial charge in [-0.15, -0.1) is 0 Å². The summed E-state index contributed by atoms with van der Waals surface area (Å²) in [5.41, 5.74) is 0.718. The van der Waals surface area contributed by atoms with Crippen LogP contribution in [0.5, 0.6) is 0 Å². The maximum absolute atomic E-state index is 3.36. The lowest BCUT2D eigenvalue weighted by Gasteiger charge is -2.60. The molecule has 3 heterocycles. The summed E-state index contributed by atoms with van der Waals surface area (Å²) >= 11 is 0. The largest absolute Gasteiger partial charge is 0.315 e. The van der Waals surface area contributed by atoms with E-state index in [9.17, 15) is 0 Å². The van der Waals surface area contributed by atoms with Crippen molar-refractivity contribution in [2.45, 2.75) is 6.04 Å². The second kappa shape index (κ2) is 1.97. The molecule has 0 atom stereocenters. The van der Waals surface area contributed by atoms with Crippen LogP contribution in [0.3, 0.4) is 0 Å². The summed E-state index contributed by atoms with van der Waals surface area (Å²) < 4.78 is 0. The summed E-state index contributed by atoms with van der Waals surface area (Å²) in [5, 5.41) is 6.67. The number of likely N-dealkylation sites (tertiary alicyclic amines) is 1. The quantitative estimate of drug-likeness (QED) is 0.499. The molecule has 3 heteroatoms. The average molecular weight is 153 g/mol. The Morgan fingerprint density at radius 2 is 1.82 bits per heavy atom. The fraction of sp³-hybridized carbons (Fsp3) is 1.00. The fourth-order valence-corrected chi connectivity index (χ4v) is 2.31. The molecule has 0 saturated carbocycles. The van der Waals surface area contributed by atoms with Crippen LogP contribution >= 0.6 is 0 Å². The highest BCUT2D eigenvalue weighted by Crippen LogP contribution is 2.35. The van der Waals surface area contributed by atoms with Gasteiger partial charge in [0.05, 0.1) is 0 Å². The van der Waals surface area contributed by atoms with Crippen molar-refractivity contribution in [2.75, 3.05) is 39.3 Å². The number of nitrogens with one attached hydrogen (secondary N) is 2. The van der Waals surface area contributed by atoms with Crippen LogP contribution in [0.15, 0.2) is 0 Å². The Labute approximate surface area is 67.1 Å². The Hall–Kier alpha value is -0.120. The van der Waals surface area contributed by atoms with Crippen LogP contribution in [0.25, 0.3) is 0 Å². The van der Waals surface area contributed by atoms with Gasteiger partial charge in [0.2, 0.25) is 0 Å². The Morgan fingerprint density at radius 1 is 1.09 bits per heavy atom. The van der Waals surface area contributed by atoms with E-state index in [4.69, 9.17) is 0 Å². The zero-order valence-corrected chi connectivity index (χ0v) is 6.77. The summed E-state index contributed by atoms with van der Waals surface area (Å²) in [4.78, 5) is 2.62. The van der Waals surface area contributed by atoms with Gasteiger partial charge < -0.3 is 10.6 Å². The van der Waals surface area contributed by atoms with Crippen molar-refractivity contribution in [3.63, 3.8) is 0 Å². The Morgan fingerprint density at radius 3 is 2.18 bits per heavy atom. The van der Waals surface area contributed by atoms with E-state index < -0.39 is 0 Å². The normalized spacial score (nSPS) is 36.0. The first-order valence-corrected chi connectivity index (χ1v) is 4.54. The molecule has 3 saturated heterocycles. The molecule has 0 aromatic rings. The third-order valence-corrected chi connectivity index (χ3v) is 3.35. The third kappa shape index (κ3) is 0.789. The summed E-state index contributed by atoms with van der Waals surface area (Å²) in [6.45, 7) is 7.69. The maximum Gasteiger partial charge on any atom is 0.0345 e. The first kappa shape index (κ1) is 6.40. The van der Waals surface area contributed by atoms with Gasteiger partial charge in [-0.1, -0.05) is 0 Å². The van der Waals surface area contributed by atoms with Gasteiger partial charge in [-0.05, 0) is 0 Å². The maximum atomic E-state index is 3.36. The Kier molecular flexibility index (Phi) is 1.15. The topological polar surface area (TPSA) is 27.3 Å². The van der Waals surface area contributed by atoms with Gasteiger partial charge in [-0.2, -0.15) is 0 Å². The number of hydrogen-bond donors (Lipinski definition) is 2. The van der Waals surface area contributed by atoms with Gasteiger partial charge >= 0.3 is 0 Å². The van der Waals surface area contributed by atoms with Crippen molar-refractivity contribution in [3.05, 3.63) is 0 Å².